The Bertz CT molecular complexity index is 710. The van der Waals surface area contributed by atoms with Crippen LogP contribution in [-0.2, 0) is 0 Å². The van der Waals surface area contributed by atoms with E-state index in [1.807, 2.05) is 0 Å². The molecule has 1 aromatic carbocycles. The lowest BCUT2D eigenvalue weighted by Crippen LogP contribution is -2.23. The second kappa shape index (κ2) is 5.93. The number of alkyl halides is 1. The molecule has 0 radical (unpaired) electrons. The molecule has 112 valence electrons. The number of hydrogen-bond donors (Lipinski definition) is 1. The number of hydrogen-bond acceptors (Lipinski definition) is 3. The second-order valence-electron chi connectivity index (χ2n) is 4.79. The van der Waals surface area contributed by atoms with E-state index in [1.165, 1.54) is 18.2 Å². The van der Waals surface area contributed by atoms with E-state index >= 15 is 0 Å². The topological polar surface area (TPSA) is 49.0 Å². The Hall–Kier alpha value is -1.76. The predicted molar refractivity (Wildman–Crippen MR) is 81.0 cm³/mol. The summed E-state index contributed by atoms with van der Waals surface area (Å²) < 4.78 is 27.8. The van der Waals surface area contributed by atoms with Gasteiger partial charge in [-0.2, -0.15) is 0 Å². The zero-order valence-corrected chi connectivity index (χ0v) is 13.3. The Labute approximate surface area is 129 Å². The normalized spacial score (nSPS) is 12.3. The van der Waals surface area contributed by atoms with Crippen molar-refractivity contribution in [3.8, 4) is 0 Å². The van der Waals surface area contributed by atoms with E-state index in [1.54, 1.807) is 25.9 Å². The summed E-state index contributed by atoms with van der Waals surface area (Å²) in [5.74, 6) is -1.06. The van der Waals surface area contributed by atoms with Gasteiger partial charge >= 0.3 is 0 Å². The molecule has 7 heteroatoms. The molecule has 1 unspecified atom stereocenters. The number of anilines is 1. The number of nitrogens with one attached hydrogen (secondary N) is 1. The first-order valence-corrected chi connectivity index (χ1v) is 7.10. The minimum absolute atomic E-state index is 0.164. The lowest BCUT2D eigenvalue weighted by atomic mass is 10.1. The highest BCUT2D eigenvalue weighted by atomic mass is 79.9. The van der Waals surface area contributed by atoms with Gasteiger partial charge < -0.3 is 4.90 Å². The highest BCUT2D eigenvalue weighted by molar-refractivity contribution is 9.09. The van der Waals surface area contributed by atoms with Crippen molar-refractivity contribution in [1.82, 2.24) is 9.97 Å². The van der Waals surface area contributed by atoms with Gasteiger partial charge in [-0.15, -0.1) is 0 Å². The van der Waals surface area contributed by atoms with E-state index in [4.69, 9.17) is 0 Å². The van der Waals surface area contributed by atoms with Crippen LogP contribution in [-0.4, -0.2) is 24.1 Å². The lowest BCUT2D eigenvalue weighted by Gasteiger charge is -2.17. The van der Waals surface area contributed by atoms with Crippen molar-refractivity contribution < 1.29 is 8.78 Å². The van der Waals surface area contributed by atoms with Gasteiger partial charge in [0.2, 0.25) is 5.95 Å². The SMILES string of the molecule is Cc1c(C(Br)c2c(F)cccc2F)nc(N(C)C)[nH]c1=O. The van der Waals surface area contributed by atoms with Crippen molar-refractivity contribution in [2.75, 3.05) is 19.0 Å². The van der Waals surface area contributed by atoms with Crippen LogP contribution in [0.4, 0.5) is 14.7 Å². The van der Waals surface area contributed by atoms with Gasteiger partial charge in [-0.3, -0.25) is 9.78 Å². The minimum Gasteiger partial charge on any atom is -0.348 e. The molecule has 1 N–H and O–H groups in total. The second-order valence-corrected chi connectivity index (χ2v) is 5.71. The highest BCUT2D eigenvalue weighted by Crippen LogP contribution is 2.34. The van der Waals surface area contributed by atoms with E-state index < -0.39 is 16.5 Å². The van der Waals surface area contributed by atoms with Crippen LogP contribution < -0.4 is 10.5 Å². The Morgan fingerprint density at radius 3 is 2.38 bits per heavy atom. The summed E-state index contributed by atoms with van der Waals surface area (Å²) in [6.45, 7) is 1.56. The summed E-state index contributed by atoms with van der Waals surface area (Å²) in [4.78, 5) is 19.6. The molecule has 1 atom stereocenters. The number of H-pyrrole nitrogens is 1. The molecular formula is C14H14BrF2N3O. The average Bonchev–Trinajstić information content (AvgIpc) is 2.41. The Morgan fingerprint density at radius 1 is 1.29 bits per heavy atom. The molecule has 1 heterocycles. The Kier molecular flexibility index (Phi) is 4.41. The quantitative estimate of drug-likeness (QED) is 0.859. The van der Waals surface area contributed by atoms with Gasteiger partial charge in [0.25, 0.3) is 5.56 Å². The van der Waals surface area contributed by atoms with Gasteiger partial charge in [0.1, 0.15) is 11.6 Å². The van der Waals surface area contributed by atoms with Crippen LogP contribution in [0.1, 0.15) is 21.6 Å². The third-order valence-electron chi connectivity index (χ3n) is 3.09. The smallest absolute Gasteiger partial charge is 0.255 e. The molecule has 2 rings (SSSR count). The van der Waals surface area contributed by atoms with Crippen LogP contribution in [0, 0.1) is 18.6 Å². The molecule has 0 bridgehead atoms. The van der Waals surface area contributed by atoms with E-state index in [0.29, 0.717) is 11.5 Å². The highest BCUT2D eigenvalue weighted by Gasteiger charge is 2.24. The van der Waals surface area contributed by atoms with Crippen molar-refractivity contribution >= 4 is 21.9 Å². The maximum absolute atomic E-state index is 13.9. The molecule has 2 aromatic rings. The van der Waals surface area contributed by atoms with Crippen LogP contribution in [0.15, 0.2) is 23.0 Å². The minimum atomic E-state index is -0.848. The summed E-state index contributed by atoms with van der Waals surface area (Å²) in [6.07, 6.45) is 0. The summed E-state index contributed by atoms with van der Waals surface area (Å²) in [7, 11) is 3.43. The molecule has 0 saturated carbocycles. The summed E-state index contributed by atoms with van der Waals surface area (Å²) in [5, 5.41) is 0. The van der Waals surface area contributed by atoms with Gasteiger partial charge in [0.05, 0.1) is 10.5 Å². The van der Waals surface area contributed by atoms with Crippen molar-refractivity contribution in [3.63, 3.8) is 0 Å². The van der Waals surface area contributed by atoms with Crippen LogP contribution in [0.2, 0.25) is 0 Å². The fourth-order valence-electron chi connectivity index (χ4n) is 1.89. The van der Waals surface area contributed by atoms with Crippen LogP contribution in [0.25, 0.3) is 0 Å². The summed E-state index contributed by atoms with van der Waals surface area (Å²) in [5.41, 5.74) is 0.0879. The fourth-order valence-corrected chi connectivity index (χ4v) is 2.77. The van der Waals surface area contributed by atoms with Crippen molar-refractivity contribution in [1.29, 1.82) is 0 Å². The molecule has 21 heavy (non-hydrogen) atoms. The lowest BCUT2D eigenvalue weighted by molar-refractivity contribution is 0.559. The summed E-state index contributed by atoms with van der Waals surface area (Å²) >= 11 is 3.25. The maximum atomic E-state index is 13.9. The third-order valence-corrected chi connectivity index (χ3v) is 3.98. The van der Waals surface area contributed by atoms with Gasteiger partial charge in [0, 0.05) is 25.2 Å². The van der Waals surface area contributed by atoms with Crippen LogP contribution in [0.3, 0.4) is 0 Å². The molecule has 0 saturated heterocycles. The first-order chi connectivity index (χ1) is 9.82. The maximum Gasteiger partial charge on any atom is 0.255 e. The van der Waals surface area contributed by atoms with Gasteiger partial charge in [-0.1, -0.05) is 22.0 Å². The molecule has 0 aliphatic carbocycles. The number of aromatic nitrogens is 2. The Balaban J connectivity index is 2.63. The third kappa shape index (κ3) is 2.97. The van der Waals surface area contributed by atoms with Crippen molar-refractivity contribution in [3.05, 3.63) is 57.0 Å². The molecule has 0 amide bonds. The predicted octanol–water partition coefficient (Wildman–Crippen LogP) is 2.91. The number of nitrogens with zero attached hydrogens (tertiary/aromatic N) is 2. The van der Waals surface area contributed by atoms with Gasteiger partial charge in [-0.05, 0) is 19.1 Å². The molecular weight excluding hydrogens is 344 g/mol. The van der Waals surface area contributed by atoms with E-state index in [0.717, 1.165) is 0 Å². The number of aromatic amines is 1. The number of halogens is 3. The monoisotopic (exact) mass is 357 g/mol. The largest absolute Gasteiger partial charge is 0.348 e. The summed E-state index contributed by atoms with van der Waals surface area (Å²) in [6, 6.07) is 3.63. The fraction of sp³-hybridized carbons (Fsp3) is 0.286. The molecule has 0 aliphatic rings. The molecule has 0 fully saturated rings. The number of benzene rings is 1. The zero-order chi connectivity index (χ0) is 15.7. The van der Waals surface area contributed by atoms with Gasteiger partial charge in [-0.25, -0.2) is 13.8 Å². The molecule has 0 spiro atoms. The van der Waals surface area contributed by atoms with E-state index in [-0.39, 0.29) is 16.8 Å². The van der Waals surface area contributed by atoms with E-state index in [9.17, 15) is 13.6 Å². The Morgan fingerprint density at radius 2 is 1.86 bits per heavy atom. The van der Waals surface area contributed by atoms with Crippen LogP contribution in [0.5, 0.6) is 0 Å². The van der Waals surface area contributed by atoms with Crippen molar-refractivity contribution in [2.45, 2.75) is 11.8 Å². The molecule has 4 nitrogen and oxygen atoms in total. The molecule has 1 aromatic heterocycles. The zero-order valence-electron chi connectivity index (χ0n) is 11.7. The first kappa shape index (κ1) is 15.6. The van der Waals surface area contributed by atoms with Crippen molar-refractivity contribution in [2.24, 2.45) is 0 Å². The number of rotatable bonds is 3. The standard InChI is InChI=1S/C14H14BrF2N3O/c1-7-12(18-14(20(2)3)19-13(7)21)11(15)10-8(16)5-4-6-9(10)17/h4-6,11H,1-3H3,(H,18,19,21). The first-order valence-electron chi connectivity index (χ1n) is 6.19. The van der Waals surface area contributed by atoms with Crippen LogP contribution >= 0.6 is 15.9 Å². The van der Waals surface area contributed by atoms with Gasteiger partial charge in [0.15, 0.2) is 0 Å². The molecule has 0 aliphatic heterocycles. The average molecular weight is 358 g/mol. The van der Waals surface area contributed by atoms with E-state index in [2.05, 4.69) is 25.9 Å².